The largest absolute Gasteiger partial charge is 0.478 e. The average Bonchev–Trinajstić information content (AvgIpc) is 3.15. The van der Waals surface area contributed by atoms with Crippen molar-refractivity contribution in [3.63, 3.8) is 0 Å². The lowest BCUT2D eigenvalue weighted by Gasteiger charge is -2.24. The van der Waals surface area contributed by atoms with E-state index < -0.39 is 17.8 Å². The van der Waals surface area contributed by atoms with Crippen LogP contribution in [-0.2, 0) is 16.0 Å². The minimum Gasteiger partial charge on any atom is -0.478 e. The number of hydrogen-bond donors (Lipinski definition) is 5. The van der Waals surface area contributed by atoms with Crippen LogP contribution < -0.4 is 16.0 Å². The topological polar surface area (TPSA) is 145 Å². The summed E-state index contributed by atoms with van der Waals surface area (Å²) >= 11 is 1.00. The molecule has 0 spiro atoms. The lowest BCUT2D eigenvalue weighted by atomic mass is 9.99. The van der Waals surface area contributed by atoms with E-state index >= 15 is 0 Å². The van der Waals surface area contributed by atoms with Gasteiger partial charge in [0.1, 0.15) is 5.00 Å². The second-order valence-corrected chi connectivity index (χ2v) is 8.29. The van der Waals surface area contributed by atoms with E-state index in [4.69, 9.17) is 5.11 Å². The van der Waals surface area contributed by atoms with Gasteiger partial charge in [0, 0.05) is 17.0 Å². The second-order valence-electron chi connectivity index (χ2n) is 7.24. The zero-order valence-corrected chi connectivity index (χ0v) is 17.5. The standard InChI is InChI=1S/C22H19N3O6S/c26-18(13-6-5-11-3-1-2-4-12(11)9-13)24-10-15-17-14(7-8-23-15)16(21(28)29)20(32-17)25-19(27)22(30)31/h1-6,9,15,23H,7-8,10H2,(H,24,26)(H,25,27)(H,28,29)(H,30,31)/t15-/m0/s1. The molecule has 2 amide bonds. The quantitative estimate of drug-likeness (QED) is 0.373. The summed E-state index contributed by atoms with van der Waals surface area (Å²) in [7, 11) is 0. The molecule has 2 heterocycles. The normalized spacial score (nSPS) is 15.1. The highest BCUT2D eigenvalue weighted by atomic mass is 32.1. The molecule has 3 aromatic rings. The Labute approximate surface area is 186 Å². The van der Waals surface area contributed by atoms with Crippen LogP contribution >= 0.6 is 11.3 Å². The number of hydrogen-bond acceptors (Lipinski definition) is 6. The van der Waals surface area contributed by atoms with Crippen molar-refractivity contribution in [2.75, 3.05) is 18.4 Å². The molecule has 0 bridgehead atoms. The maximum Gasteiger partial charge on any atom is 0.394 e. The molecule has 0 saturated carbocycles. The molecule has 1 atom stereocenters. The number of carboxylic acids is 2. The lowest BCUT2D eigenvalue weighted by Crippen LogP contribution is -2.38. The summed E-state index contributed by atoms with van der Waals surface area (Å²) in [4.78, 5) is 47.6. The first-order chi connectivity index (χ1) is 15.3. The fraction of sp³-hybridized carbons (Fsp3) is 0.182. The molecule has 32 heavy (non-hydrogen) atoms. The first kappa shape index (κ1) is 21.5. The molecule has 5 N–H and O–H groups in total. The van der Waals surface area contributed by atoms with Gasteiger partial charge < -0.3 is 26.2 Å². The van der Waals surface area contributed by atoms with Crippen molar-refractivity contribution in [2.24, 2.45) is 0 Å². The Morgan fingerprint density at radius 1 is 1.06 bits per heavy atom. The van der Waals surface area contributed by atoms with Gasteiger partial charge in [-0.2, -0.15) is 0 Å². The third-order valence-electron chi connectivity index (χ3n) is 5.23. The third-order valence-corrected chi connectivity index (χ3v) is 6.50. The van der Waals surface area contributed by atoms with Crippen LogP contribution in [-0.4, -0.2) is 47.1 Å². The SMILES string of the molecule is O=C(O)C(=O)Nc1sc2c(c1C(=O)O)CCN[C@H]2CNC(=O)c1ccc2ccccc2c1. The smallest absolute Gasteiger partial charge is 0.394 e. The van der Waals surface area contributed by atoms with E-state index in [9.17, 15) is 24.3 Å². The highest BCUT2D eigenvalue weighted by molar-refractivity contribution is 7.17. The molecule has 0 unspecified atom stereocenters. The van der Waals surface area contributed by atoms with E-state index in [2.05, 4.69) is 16.0 Å². The van der Waals surface area contributed by atoms with Crippen LogP contribution in [0.1, 0.15) is 37.2 Å². The Hall–Kier alpha value is -3.76. The molecule has 1 aromatic heterocycles. The van der Waals surface area contributed by atoms with E-state index in [-0.39, 0.29) is 29.1 Å². The molecule has 0 radical (unpaired) electrons. The van der Waals surface area contributed by atoms with Crippen LogP contribution in [0, 0.1) is 0 Å². The van der Waals surface area contributed by atoms with Crippen LogP contribution in [0.4, 0.5) is 5.00 Å². The Balaban J connectivity index is 1.54. The summed E-state index contributed by atoms with van der Waals surface area (Å²) in [6.07, 6.45) is 0.408. The molecule has 2 aromatic carbocycles. The van der Waals surface area contributed by atoms with Crippen molar-refractivity contribution in [3.05, 3.63) is 64.0 Å². The predicted octanol–water partition coefficient (Wildman–Crippen LogP) is 2.24. The van der Waals surface area contributed by atoms with Crippen molar-refractivity contribution in [3.8, 4) is 0 Å². The number of nitrogens with one attached hydrogen (secondary N) is 3. The summed E-state index contributed by atoms with van der Waals surface area (Å²) in [5.74, 6) is -4.52. The number of carbonyl (C=O) groups excluding carboxylic acids is 2. The highest BCUT2D eigenvalue weighted by Gasteiger charge is 2.31. The summed E-state index contributed by atoms with van der Waals surface area (Å²) in [6, 6.07) is 12.7. The van der Waals surface area contributed by atoms with Crippen LogP contribution in [0.3, 0.4) is 0 Å². The number of fused-ring (bicyclic) bond motifs is 2. The number of thiophene rings is 1. The molecular weight excluding hydrogens is 434 g/mol. The zero-order valence-electron chi connectivity index (χ0n) is 16.7. The van der Waals surface area contributed by atoms with Gasteiger partial charge in [-0.05, 0) is 41.4 Å². The van der Waals surface area contributed by atoms with E-state index in [1.54, 1.807) is 12.1 Å². The second kappa shape index (κ2) is 8.77. The molecule has 0 saturated heterocycles. The molecule has 1 aliphatic rings. The number of carbonyl (C=O) groups is 4. The Morgan fingerprint density at radius 3 is 2.53 bits per heavy atom. The van der Waals surface area contributed by atoms with E-state index in [1.807, 2.05) is 30.3 Å². The lowest BCUT2D eigenvalue weighted by molar-refractivity contribution is -0.147. The molecule has 1 aliphatic heterocycles. The summed E-state index contributed by atoms with van der Waals surface area (Å²) in [6.45, 7) is 0.678. The van der Waals surface area contributed by atoms with Gasteiger partial charge in [0.15, 0.2) is 0 Å². The third kappa shape index (κ3) is 4.18. The van der Waals surface area contributed by atoms with Crippen molar-refractivity contribution >= 4 is 50.9 Å². The van der Waals surface area contributed by atoms with Gasteiger partial charge in [-0.3, -0.25) is 9.59 Å². The van der Waals surface area contributed by atoms with Gasteiger partial charge in [-0.25, -0.2) is 9.59 Å². The Kier molecular flexibility index (Phi) is 5.89. The fourth-order valence-electron chi connectivity index (χ4n) is 3.74. The first-order valence-corrected chi connectivity index (χ1v) is 10.6. The Bertz CT molecular complexity index is 1250. The van der Waals surface area contributed by atoms with Crippen LogP contribution in [0.15, 0.2) is 42.5 Å². The minimum absolute atomic E-state index is 0.0237. The molecule has 9 nitrogen and oxygen atoms in total. The maximum atomic E-state index is 12.7. The number of aromatic carboxylic acids is 1. The van der Waals surface area contributed by atoms with Gasteiger partial charge in [0.2, 0.25) is 0 Å². The van der Waals surface area contributed by atoms with E-state index in [0.29, 0.717) is 29.0 Å². The highest BCUT2D eigenvalue weighted by Crippen LogP contribution is 2.39. The number of rotatable bonds is 5. The number of benzene rings is 2. The zero-order chi connectivity index (χ0) is 22.8. The number of aliphatic carboxylic acids is 1. The van der Waals surface area contributed by atoms with Crippen molar-refractivity contribution in [1.82, 2.24) is 10.6 Å². The predicted molar refractivity (Wildman–Crippen MR) is 118 cm³/mol. The molecule has 164 valence electrons. The van der Waals surface area contributed by atoms with Crippen molar-refractivity contribution in [2.45, 2.75) is 12.5 Å². The molecule has 4 rings (SSSR count). The molecule has 0 fully saturated rings. The average molecular weight is 453 g/mol. The molecular formula is C22H19N3O6S. The van der Waals surface area contributed by atoms with Crippen LogP contribution in [0.25, 0.3) is 10.8 Å². The van der Waals surface area contributed by atoms with Gasteiger partial charge >= 0.3 is 17.8 Å². The minimum atomic E-state index is -1.70. The first-order valence-electron chi connectivity index (χ1n) is 9.78. The summed E-state index contributed by atoms with van der Waals surface area (Å²) < 4.78 is 0. The van der Waals surface area contributed by atoms with Crippen LogP contribution in [0.5, 0.6) is 0 Å². The van der Waals surface area contributed by atoms with Gasteiger partial charge in [0.05, 0.1) is 11.6 Å². The Morgan fingerprint density at radius 2 is 1.81 bits per heavy atom. The van der Waals surface area contributed by atoms with E-state index in [1.165, 1.54) is 0 Å². The summed E-state index contributed by atoms with van der Waals surface area (Å²) in [5, 5.41) is 28.7. The van der Waals surface area contributed by atoms with Crippen molar-refractivity contribution in [1.29, 1.82) is 0 Å². The molecule has 10 heteroatoms. The maximum absolute atomic E-state index is 12.7. The molecule has 0 aliphatic carbocycles. The van der Waals surface area contributed by atoms with Crippen molar-refractivity contribution < 1.29 is 29.4 Å². The fourth-order valence-corrected chi connectivity index (χ4v) is 5.05. The van der Waals surface area contributed by atoms with Gasteiger partial charge in [-0.1, -0.05) is 30.3 Å². The number of carboxylic acid groups (broad SMARTS) is 2. The van der Waals surface area contributed by atoms with Gasteiger partial charge in [-0.15, -0.1) is 11.3 Å². The monoisotopic (exact) mass is 453 g/mol. The number of anilines is 1. The van der Waals surface area contributed by atoms with Gasteiger partial charge in [0.25, 0.3) is 5.91 Å². The van der Waals surface area contributed by atoms with E-state index in [0.717, 1.165) is 22.1 Å². The van der Waals surface area contributed by atoms with Crippen LogP contribution in [0.2, 0.25) is 0 Å². The number of amides is 2. The summed E-state index contributed by atoms with van der Waals surface area (Å²) in [5.41, 5.74) is 0.936.